The van der Waals surface area contributed by atoms with Gasteiger partial charge >= 0.3 is 0 Å². The molecule has 1 aromatic rings. The Morgan fingerprint density at radius 1 is 0.970 bits per heavy atom. The zero-order valence-electron chi connectivity index (χ0n) is 20.1. The molecule has 186 valence electrons. The number of rotatable bonds is 12. The minimum absolute atomic E-state index is 0.0716. The molecule has 2 atom stereocenters. The smallest absolute Gasteiger partial charge is 0.241 e. The molecule has 1 saturated heterocycles. The normalized spacial score (nSPS) is 16.5. The lowest BCUT2D eigenvalue weighted by atomic mass is 9.98. The summed E-state index contributed by atoms with van der Waals surface area (Å²) >= 11 is 5.87. The van der Waals surface area contributed by atoms with Gasteiger partial charge < -0.3 is 9.80 Å². The zero-order valence-corrected chi connectivity index (χ0v) is 21.6. The fourth-order valence-electron chi connectivity index (χ4n) is 3.91. The molecule has 7 nitrogen and oxygen atoms in total. The number of hydrogen-bond donors (Lipinski definition) is 1. The summed E-state index contributed by atoms with van der Waals surface area (Å²) in [5.74, 6) is -0.281. The van der Waals surface area contributed by atoms with Crippen LogP contribution in [0.1, 0.15) is 65.7 Å². The molecule has 0 radical (unpaired) electrons. The SMILES string of the molecule is CCCCCCCC(=O)N1CCN(C(=O)C(NS(=O)(=O)c2ccc(Cl)cc2)C(C)CC)CC1. The summed E-state index contributed by atoms with van der Waals surface area (Å²) in [7, 11) is -3.88. The summed E-state index contributed by atoms with van der Waals surface area (Å²) in [5.41, 5.74) is 0. The Hall–Kier alpha value is -1.64. The Labute approximate surface area is 203 Å². The van der Waals surface area contributed by atoms with Gasteiger partial charge in [-0.25, -0.2) is 8.42 Å². The number of nitrogens with zero attached hydrogens (tertiary/aromatic N) is 2. The topological polar surface area (TPSA) is 86.8 Å². The summed E-state index contributed by atoms with van der Waals surface area (Å²) in [6, 6.07) is 5.01. The van der Waals surface area contributed by atoms with Crippen LogP contribution in [0.25, 0.3) is 0 Å². The van der Waals surface area contributed by atoms with Crippen molar-refractivity contribution in [3.63, 3.8) is 0 Å². The van der Waals surface area contributed by atoms with Crippen LogP contribution in [0.4, 0.5) is 0 Å². The molecule has 0 aliphatic carbocycles. The first-order valence-electron chi connectivity index (χ1n) is 12.0. The van der Waals surface area contributed by atoms with Crippen LogP contribution >= 0.6 is 11.6 Å². The second-order valence-corrected chi connectivity index (χ2v) is 11.0. The number of nitrogens with one attached hydrogen (secondary N) is 1. The van der Waals surface area contributed by atoms with Crippen molar-refractivity contribution in [2.45, 2.75) is 76.7 Å². The molecule has 1 aromatic carbocycles. The van der Waals surface area contributed by atoms with E-state index in [2.05, 4.69) is 11.6 Å². The summed E-state index contributed by atoms with van der Waals surface area (Å²) in [6.07, 6.45) is 6.72. The fraction of sp³-hybridized carbons (Fsp3) is 0.667. The first kappa shape index (κ1) is 27.6. The van der Waals surface area contributed by atoms with Crippen molar-refractivity contribution in [3.05, 3.63) is 29.3 Å². The van der Waals surface area contributed by atoms with Crippen LogP contribution in [0.5, 0.6) is 0 Å². The number of unbranched alkanes of at least 4 members (excludes halogenated alkanes) is 4. The number of amides is 2. The number of benzene rings is 1. The highest BCUT2D eigenvalue weighted by Gasteiger charge is 2.34. The maximum absolute atomic E-state index is 13.3. The molecule has 1 fully saturated rings. The predicted molar refractivity (Wildman–Crippen MR) is 132 cm³/mol. The van der Waals surface area contributed by atoms with E-state index < -0.39 is 16.1 Å². The van der Waals surface area contributed by atoms with E-state index in [0.717, 1.165) is 19.3 Å². The summed E-state index contributed by atoms with van der Waals surface area (Å²) in [4.78, 5) is 29.3. The molecule has 0 spiro atoms. The van der Waals surface area contributed by atoms with Gasteiger partial charge in [-0.3, -0.25) is 9.59 Å². The van der Waals surface area contributed by atoms with Gasteiger partial charge in [0.2, 0.25) is 21.8 Å². The lowest BCUT2D eigenvalue weighted by Gasteiger charge is -2.37. The largest absolute Gasteiger partial charge is 0.339 e. The summed E-state index contributed by atoms with van der Waals surface area (Å²) in [6.45, 7) is 7.75. The number of piperazine rings is 1. The van der Waals surface area contributed by atoms with E-state index in [-0.39, 0.29) is 22.6 Å². The van der Waals surface area contributed by atoms with Crippen molar-refractivity contribution in [2.24, 2.45) is 5.92 Å². The predicted octanol–water partition coefficient (Wildman–Crippen LogP) is 4.06. The van der Waals surface area contributed by atoms with E-state index in [1.54, 1.807) is 4.90 Å². The standard InChI is InChI=1S/C24H38ClN3O4S/c1-4-6-7-8-9-10-22(29)27-15-17-28(18-16-27)24(30)23(19(3)5-2)26-33(31,32)21-13-11-20(25)12-14-21/h11-14,19,23,26H,4-10,15-18H2,1-3H3. The average molecular weight is 500 g/mol. The van der Waals surface area contributed by atoms with Crippen molar-refractivity contribution in [2.75, 3.05) is 26.2 Å². The molecule has 2 amide bonds. The number of sulfonamides is 1. The van der Waals surface area contributed by atoms with Crippen molar-refractivity contribution < 1.29 is 18.0 Å². The Balaban J connectivity index is 1.96. The molecule has 0 saturated carbocycles. The van der Waals surface area contributed by atoms with Crippen molar-refractivity contribution in [1.82, 2.24) is 14.5 Å². The van der Waals surface area contributed by atoms with Crippen molar-refractivity contribution in [1.29, 1.82) is 0 Å². The number of carbonyl (C=O) groups excluding carboxylic acids is 2. The van der Waals surface area contributed by atoms with E-state index in [1.165, 1.54) is 37.1 Å². The molecule has 9 heteroatoms. The third-order valence-electron chi connectivity index (χ3n) is 6.32. The highest BCUT2D eigenvalue weighted by molar-refractivity contribution is 7.89. The first-order chi connectivity index (χ1) is 15.7. The maximum atomic E-state index is 13.3. The Morgan fingerprint density at radius 2 is 1.55 bits per heavy atom. The molecule has 0 bridgehead atoms. The molecule has 1 heterocycles. The number of hydrogen-bond acceptors (Lipinski definition) is 4. The molecule has 2 rings (SSSR count). The lowest BCUT2D eigenvalue weighted by molar-refractivity contribution is -0.141. The third kappa shape index (κ3) is 8.26. The van der Waals surface area contributed by atoms with E-state index in [4.69, 9.17) is 11.6 Å². The van der Waals surface area contributed by atoms with Gasteiger partial charge in [0.15, 0.2) is 0 Å². The molecule has 33 heavy (non-hydrogen) atoms. The molecular formula is C24H38ClN3O4S. The average Bonchev–Trinajstić information content (AvgIpc) is 2.81. The molecular weight excluding hydrogens is 462 g/mol. The second-order valence-electron chi connectivity index (χ2n) is 8.81. The van der Waals surface area contributed by atoms with Gasteiger partial charge in [-0.1, -0.05) is 64.5 Å². The van der Waals surface area contributed by atoms with E-state index in [1.807, 2.05) is 18.7 Å². The van der Waals surface area contributed by atoms with Crippen LogP contribution in [-0.2, 0) is 19.6 Å². The zero-order chi connectivity index (χ0) is 24.4. The highest BCUT2D eigenvalue weighted by Crippen LogP contribution is 2.19. The van der Waals surface area contributed by atoms with Gasteiger partial charge in [-0.2, -0.15) is 4.72 Å². The Kier molecular flexibility index (Phi) is 11.1. The fourth-order valence-corrected chi connectivity index (χ4v) is 5.33. The van der Waals surface area contributed by atoms with Gasteiger partial charge in [0, 0.05) is 37.6 Å². The third-order valence-corrected chi connectivity index (χ3v) is 8.03. The van der Waals surface area contributed by atoms with E-state index >= 15 is 0 Å². The molecule has 2 unspecified atom stereocenters. The molecule has 1 N–H and O–H groups in total. The summed E-state index contributed by atoms with van der Waals surface area (Å²) < 4.78 is 28.4. The van der Waals surface area contributed by atoms with Crippen molar-refractivity contribution in [3.8, 4) is 0 Å². The summed E-state index contributed by atoms with van der Waals surface area (Å²) in [5, 5.41) is 0.442. The van der Waals surface area contributed by atoms with Gasteiger partial charge in [0.1, 0.15) is 6.04 Å². The van der Waals surface area contributed by atoms with Gasteiger partial charge in [-0.15, -0.1) is 0 Å². The highest BCUT2D eigenvalue weighted by atomic mass is 35.5. The quantitative estimate of drug-likeness (QED) is 0.439. The van der Waals surface area contributed by atoms with Gasteiger partial charge in [-0.05, 0) is 36.6 Å². The van der Waals surface area contributed by atoms with Crippen LogP contribution in [0, 0.1) is 5.92 Å². The Bertz CT molecular complexity index is 868. The van der Waals surface area contributed by atoms with Crippen LogP contribution in [0.3, 0.4) is 0 Å². The van der Waals surface area contributed by atoms with E-state index in [0.29, 0.717) is 44.0 Å². The molecule has 1 aliphatic rings. The van der Waals surface area contributed by atoms with Crippen LogP contribution in [0.2, 0.25) is 5.02 Å². The van der Waals surface area contributed by atoms with Gasteiger partial charge in [0.05, 0.1) is 4.90 Å². The van der Waals surface area contributed by atoms with Crippen LogP contribution < -0.4 is 4.72 Å². The Morgan fingerprint density at radius 3 is 2.12 bits per heavy atom. The molecule has 0 aromatic heterocycles. The first-order valence-corrected chi connectivity index (χ1v) is 13.9. The monoisotopic (exact) mass is 499 g/mol. The van der Waals surface area contributed by atoms with Crippen LogP contribution in [0.15, 0.2) is 29.2 Å². The second kappa shape index (κ2) is 13.3. The van der Waals surface area contributed by atoms with E-state index in [9.17, 15) is 18.0 Å². The number of halogens is 1. The minimum atomic E-state index is -3.88. The number of carbonyl (C=O) groups is 2. The van der Waals surface area contributed by atoms with Gasteiger partial charge in [0.25, 0.3) is 0 Å². The minimum Gasteiger partial charge on any atom is -0.339 e. The molecule has 1 aliphatic heterocycles. The lowest BCUT2D eigenvalue weighted by Crippen LogP contribution is -2.57. The van der Waals surface area contributed by atoms with Crippen molar-refractivity contribution >= 4 is 33.4 Å². The maximum Gasteiger partial charge on any atom is 0.241 e. The van der Waals surface area contributed by atoms with Crippen LogP contribution in [-0.4, -0.2) is 62.3 Å².